The summed E-state index contributed by atoms with van der Waals surface area (Å²) in [7, 11) is -1.53. The lowest BCUT2D eigenvalue weighted by atomic mass is 9.96. The van der Waals surface area contributed by atoms with Gasteiger partial charge in [0.25, 0.3) is 0 Å². The van der Waals surface area contributed by atoms with Crippen LogP contribution in [0.3, 0.4) is 0 Å². The molecule has 0 fully saturated rings. The summed E-state index contributed by atoms with van der Waals surface area (Å²) in [5.41, 5.74) is 2.31. The third-order valence-corrected chi connectivity index (χ3v) is 2.89. The van der Waals surface area contributed by atoms with Crippen LogP contribution < -0.4 is 0 Å². The topological polar surface area (TPSA) is 20.2 Å². The normalized spacial score (nSPS) is 14.2. The first-order valence-electron chi connectivity index (χ1n) is 5.17. The van der Waals surface area contributed by atoms with Gasteiger partial charge in [-0.15, -0.1) is 12.0 Å². The van der Waals surface area contributed by atoms with E-state index in [2.05, 4.69) is 37.0 Å². The molecule has 1 atom stereocenters. The molecule has 0 aliphatic heterocycles. The Morgan fingerprint density at radius 1 is 1.19 bits per heavy atom. The Kier molecular flexibility index (Phi) is 3.60. The predicted octanol–water partition coefficient (Wildman–Crippen LogP) is 2.39. The molecule has 1 unspecified atom stereocenters. The van der Waals surface area contributed by atoms with E-state index in [9.17, 15) is 5.11 Å². The zero-order chi connectivity index (χ0) is 12.2. The number of hydrogen-bond donors (Lipinski definition) is 1. The van der Waals surface area contributed by atoms with E-state index >= 15 is 0 Å². The molecule has 1 rings (SSSR count). The molecule has 0 saturated heterocycles. The van der Waals surface area contributed by atoms with E-state index in [1.807, 2.05) is 18.2 Å². The van der Waals surface area contributed by atoms with Crippen molar-refractivity contribution in [1.29, 1.82) is 0 Å². The van der Waals surface area contributed by atoms with Gasteiger partial charge >= 0.3 is 0 Å². The maximum Gasteiger partial charge on any atom is 0.213 e. The fraction of sp³-hybridized carbons (Fsp3) is 0.286. The van der Waals surface area contributed by atoms with Gasteiger partial charge < -0.3 is 5.11 Å². The number of benzene rings is 1. The molecule has 0 spiro atoms. The highest BCUT2D eigenvalue weighted by Gasteiger charge is 2.24. The van der Waals surface area contributed by atoms with E-state index in [-0.39, 0.29) is 0 Å². The van der Waals surface area contributed by atoms with Crippen LogP contribution in [0.1, 0.15) is 5.56 Å². The first kappa shape index (κ1) is 12.6. The summed E-state index contributed by atoms with van der Waals surface area (Å²) in [5, 5.41) is 10.3. The molecule has 0 heterocycles. The lowest BCUT2D eigenvalue weighted by Gasteiger charge is -2.16. The Morgan fingerprint density at radius 3 is 2.19 bits per heavy atom. The fourth-order valence-electron chi connectivity index (χ4n) is 1.15. The molecule has 1 aromatic carbocycles. The quantitative estimate of drug-likeness (QED) is 0.578. The first-order chi connectivity index (χ1) is 7.37. The molecule has 0 amide bonds. The number of terminal acetylenes is 1. The smallest absolute Gasteiger partial charge is 0.213 e. The molecular formula is C14H16OSi. The minimum absolute atomic E-state index is 0.656. The zero-order valence-corrected chi connectivity index (χ0v) is 10.9. The third-order valence-electron chi connectivity index (χ3n) is 2.02. The summed E-state index contributed by atoms with van der Waals surface area (Å²) in [4.78, 5) is 0. The van der Waals surface area contributed by atoms with Crippen LogP contribution in [0.25, 0.3) is 0 Å². The Morgan fingerprint density at radius 2 is 1.75 bits per heavy atom. The summed E-state index contributed by atoms with van der Waals surface area (Å²) < 4.78 is 0. The van der Waals surface area contributed by atoms with Crippen LogP contribution in [-0.4, -0.2) is 13.2 Å². The van der Waals surface area contributed by atoms with Crippen molar-refractivity contribution >= 4 is 8.07 Å². The van der Waals surface area contributed by atoms with Crippen molar-refractivity contribution < 1.29 is 5.11 Å². The van der Waals surface area contributed by atoms with E-state index in [4.69, 9.17) is 6.42 Å². The summed E-state index contributed by atoms with van der Waals surface area (Å²) in [5.74, 6) is 5.20. The molecule has 1 nitrogen and oxygen atoms in total. The molecule has 2 heteroatoms. The molecule has 0 aliphatic carbocycles. The average Bonchev–Trinajstić information content (AvgIpc) is 2.26. The van der Waals surface area contributed by atoms with E-state index in [0.717, 1.165) is 0 Å². The van der Waals surface area contributed by atoms with Crippen molar-refractivity contribution in [3.8, 4) is 23.8 Å². The number of aliphatic hydroxyl groups is 1. The van der Waals surface area contributed by atoms with Crippen LogP contribution in [0.2, 0.25) is 19.6 Å². The van der Waals surface area contributed by atoms with Gasteiger partial charge in [0.15, 0.2) is 0 Å². The highest BCUT2D eigenvalue weighted by atomic mass is 28.3. The molecule has 1 N–H and O–H groups in total. The maximum atomic E-state index is 10.3. The van der Waals surface area contributed by atoms with Gasteiger partial charge in [0.1, 0.15) is 8.07 Å². The van der Waals surface area contributed by atoms with Gasteiger partial charge in [-0.05, 0) is 0 Å². The van der Waals surface area contributed by atoms with Gasteiger partial charge in [-0.1, -0.05) is 61.8 Å². The molecule has 0 aromatic heterocycles. The SMILES string of the molecule is C#CC(O)(C#C[Si](C)(C)C)c1ccccc1. The predicted molar refractivity (Wildman–Crippen MR) is 70.3 cm³/mol. The summed E-state index contributed by atoms with van der Waals surface area (Å²) in [6.45, 7) is 6.34. The lowest BCUT2D eigenvalue weighted by Crippen LogP contribution is -2.24. The van der Waals surface area contributed by atoms with Crippen molar-refractivity contribution in [3.63, 3.8) is 0 Å². The Labute approximate surface area is 98.5 Å². The maximum absolute atomic E-state index is 10.3. The standard InChI is InChI=1S/C14H16OSi/c1-5-14(15,11-12-16(2,3)4)13-9-7-6-8-10-13/h1,6-10,15H,2-4H3. The van der Waals surface area contributed by atoms with Crippen molar-refractivity contribution in [2.45, 2.75) is 25.2 Å². The van der Waals surface area contributed by atoms with E-state index in [1.165, 1.54) is 0 Å². The largest absolute Gasteiger partial charge is 0.364 e. The molecular weight excluding hydrogens is 212 g/mol. The van der Waals surface area contributed by atoms with Crippen LogP contribution >= 0.6 is 0 Å². The second-order valence-corrected chi connectivity index (χ2v) is 9.47. The molecule has 0 saturated carbocycles. The van der Waals surface area contributed by atoms with Gasteiger partial charge in [-0.3, -0.25) is 0 Å². The van der Waals surface area contributed by atoms with Gasteiger partial charge in [-0.2, -0.15) is 0 Å². The van der Waals surface area contributed by atoms with Crippen LogP contribution in [0, 0.1) is 23.8 Å². The highest BCUT2D eigenvalue weighted by molar-refractivity contribution is 6.83. The second-order valence-electron chi connectivity index (χ2n) is 4.72. The second kappa shape index (κ2) is 4.57. The molecule has 0 bridgehead atoms. The highest BCUT2D eigenvalue weighted by Crippen LogP contribution is 2.19. The number of rotatable bonds is 1. The number of hydrogen-bond acceptors (Lipinski definition) is 1. The lowest BCUT2D eigenvalue weighted by molar-refractivity contribution is 0.165. The van der Waals surface area contributed by atoms with Gasteiger partial charge in [0, 0.05) is 5.56 Å². The summed E-state index contributed by atoms with van der Waals surface area (Å²) >= 11 is 0. The minimum Gasteiger partial charge on any atom is -0.364 e. The third kappa shape index (κ3) is 3.27. The summed E-state index contributed by atoms with van der Waals surface area (Å²) in [6.07, 6.45) is 5.38. The van der Waals surface area contributed by atoms with Crippen LogP contribution in [0.5, 0.6) is 0 Å². The van der Waals surface area contributed by atoms with E-state index < -0.39 is 13.7 Å². The molecule has 0 radical (unpaired) electrons. The van der Waals surface area contributed by atoms with Crippen LogP contribution in [0.4, 0.5) is 0 Å². The Bertz CT molecular complexity index is 453. The first-order valence-corrected chi connectivity index (χ1v) is 8.67. The van der Waals surface area contributed by atoms with Crippen LogP contribution in [-0.2, 0) is 5.60 Å². The van der Waals surface area contributed by atoms with Gasteiger partial charge in [-0.25, -0.2) is 0 Å². The molecule has 82 valence electrons. The van der Waals surface area contributed by atoms with Crippen LogP contribution in [0.15, 0.2) is 30.3 Å². The monoisotopic (exact) mass is 228 g/mol. The fourth-order valence-corrected chi connectivity index (χ4v) is 1.70. The average molecular weight is 228 g/mol. The molecule has 16 heavy (non-hydrogen) atoms. The Hall–Kier alpha value is -1.48. The van der Waals surface area contributed by atoms with Crippen molar-refractivity contribution in [2.24, 2.45) is 0 Å². The molecule has 1 aromatic rings. The van der Waals surface area contributed by atoms with E-state index in [1.54, 1.807) is 12.1 Å². The summed E-state index contributed by atoms with van der Waals surface area (Å²) in [6, 6.07) is 9.14. The zero-order valence-electron chi connectivity index (χ0n) is 9.91. The minimum atomic E-state index is -1.53. The molecule has 0 aliphatic rings. The van der Waals surface area contributed by atoms with Crippen molar-refractivity contribution in [3.05, 3.63) is 35.9 Å². The van der Waals surface area contributed by atoms with E-state index in [0.29, 0.717) is 5.56 Å². The van der Waals surface area contributed by atoms with Crippen molar-refractivity contribution in [2.75, 3.05) is 0 Å². The van der Waals surface area contributed by atoms with Crippen molar-refractivity contribution in [1.82, 2.24) is 0 Å². The van der Waals surface area contributed by atoms with Gasteiger partial charge in [0.05, 0.1) is 0 Å². The van der Waals surface area contributed by atoms with Gasteiger partial charge in [0.2, 0.25) is 5.60 Å². The Balaban J connectivity index is 3.14.